The van der Waals surface area contributed by atoms with Crippen molar-refractivity contribution >= 4 is 11.8 Å². The Bertz CT molecular complexity index is 856. The third-order valence-corrected chi connectivity index (χ3v) is 5.62. The van der Waals surface area contributed by atoms with E-state index in [2.05, 4.69) is 4.98 Å². The van der Waals surface area contributed by atoms with Gasteiger partial charge in [-0.2, -0.15) is 5.26 Å². The molecular formula is C19H24N4O4. The molecule has 3 heterocycles. The Hall–Kier alpha value is -2.66. The number of methoxy groups -OCH3 is 1. The number of pyridine rings is 1. The number of nitriles is 1. The first-order valence-electron chi connectivity index (χ1n) is 9.13. The summed E-state index contributed by atoms with van der Waals surface area (Å²) >= 11 is 0. The maximum Gasteiger partial charge on any atom is 0.266 e. The van der Waals surface area contributed by atoms with Crippen LogP contribution >= 0.6 is 0 Å². The minimum Gasteiger partial charge on any atom is -0.383 e. The zero-order chi connectivity index (χ0) is 19.6. The van der Waals surface area contributed by atoms with Crippen molar-refractivity contribution in [3.63, 3.8) is 0 Å². The summed E-state index contributed by atoms with van der Waals surface area (Å²) in [6.45, 7) is 4.29. The zero-order valence-corrected chi connectivity index (χ0v) is 15.7. The molecule has 0 saturated carbocycles. The molecule has 8 heteroatoms. The maximum atomic E-state index is 13.0. The average molecular weight is 372 g/mol. The van der Waals surface area contributed by atoms with Gasteiger partial charge in [0.2, 0.25) is 5.91 Å². The van der Waals surface area contributed by atoms with Crippen LogP contribution in [-0.2, 0) is 9.53 Å². The minimum atomic E-state index is -0.532. The van der Waals surface area contributed by atoms with Gasteiger partial charge in [0.25, 0.3) is 11.5 Å². The van der Waals surface area contributed by atoms with Gasteiger partial charge in [-0.3, -0.25) is 14.4 Å². The van der Waals surface area contributed by atoms with Gasteiger partial charge in [-0.1, -0.05) is 0 Å². The lowest BCUT2D eigenvalue weighted by Crippen LogP contribution is -2.51. The Morgan fingerprint density at radius 1 is 1.37 bits per heavy atom. The van der Waals surface area contributed by atoms with E-state index >= 15 is 0 Å². The standard InChI is InChI=1S/C19H24N4O4/c1-13-15(10-14(11-20)16(24)21-13)17(25)23-7-5-19(12-23)4-3-6-22(18(19)26)8-9-27-2/h10H,3-9,12H2,1-2H3,(H,21,24)/t19-/m1/s1. The van der Waals surface area contributed by atoms with E-state index < -0.39 is 11.0 Å². The highest BCUT2D eigenvalue weighted by atomic mass is 16.5. The first kappa shape index (κ1) is 19.1. The number of nitrogens with zero attached hydrogens (tertiary/aromatic N) is 3. The fraction of sp³-hybridized carbons (Fsp3) is 0.579. The number of hydrogen-bond acceptors (Lipinski definition) is 5. The lowest BCUT2D eigenvalue weighted by molar-refractivity contribution is -0.146. The summed E-state index contributed by atoms with van der Waals surface area (Å²) in [6.07, 6.45) is 2.31. The summed E-state index contributed by atoms with van der Waals surface area (Å²) in [4.78, 5) is 43.8. The molecule has 0 unspecified atom stereocenters. The molecule has 1 aromatic rings. The Kier molecular flexibility index (Phi) is 5.33. The van der Waals surface area contributed by atoms with Crippen LogP contribution in [0.5, 0.6) is 0 Å². The van der Waals surface area contributed by atoms with Gasteiger partial charge in [-0.15, -0.1) is 0 Å². The van der Waals surface area contributed by atoms with E-state index in [0.29, 0.717) is 43.9 Å². The number of aryl methyl sites for hydroxylation is 1. The van der Waals surface area contributed by atoms with Gasteiger partial charge in [0.05, 0.1) is 17.6 Å². The maximum absolute atomic E-state index is 13.0. The topological polar surface area (TPSA) is 106 Å². The summed E-state index contributed by atoms with van der Waals surface area (Å²) in [5.41, 5.74) is -0.377. The van der Waals surface area contributed by atoms with Crippen LogP contribution in [0, 0.1) is 23.7 Å². The number of nitrogens with one attached hydrogen (secondary N) is 1. The number of ether oxygens (including phenoxy) is 1. The van der Waals surface area contributed by atoms with Gasteiger partial charge in [0, 0.05) is 39.0 Å². The van der Waals surface area contributed by atoms with Gasteiger partial charge < -0.3 is 19.5 Å². The summed E-state index contributed by atoms with van der Waals surface area (Å²) in [5.74, 6) is -0.157. The van der Waals surface area contributed by atoms with Crippen LogP contribution in [0.3, 0.4) is 0 Å². The number of carbonyl (C=O) groups is 2. The molecule has 1 atom stereocenters. The second-order valence-corrected chi connectivity index (χ2v) is 7.31. The number of aromatic nitrogens is 1. The Morgan fingerprint density at radius 3 is 2.85 bits per heavy atom. The third-order valence-electron chi connectivity index (χ3n) is 5.62. The van der Waals surface area contributed by atoms with Gasteiger partial charge in [-0.25, -0.2) is 0 Å². The van der Waals surface area contributed by atoms with E-state index in [1.165, 1.54) is 6.07 Å². The molecule has 2 fully saturated rings. The molecular weight excluding hydrogens is 348 g/mol. The molecule has 8 nitrogen and oxygen atoms in total. The van der Waals surface area contributed by atoms with Gasteiger partial charge in [-0.05, 0) is 32.3 Å². The minimum absolute atomic E-state index is 0.0858. The highest BCUT2D eigenvalue weighted by molar-refractivity contribution is 5.96. The Labute approximate surface area is 157 Å². The molecule has 1 spiro atoms. The van der Waals surface area contributed by atoms with E-state index in [1.54, 1.807) is 18.9 Å². The SMILES string of the molecule is COCCN1CCC[C@]2(CCN(C(=O)c3cc(C#N)c(=O)[nH]c3C)C2)C1=O. The van der Waals surface area contributed by atoms with Crippen molar-refractivity contribution in [1.29, 1.82) is 5.26 Å². The molecule has 3 rings (SSSR count). The van der Waals surface area contributed by atoms with Crippen LogP contribution in [-0.4, -0.2) is 66.5 Å². The van der Waals surface area contributed by atoms with Crippen molar-refractivity contribution < 1.29 is 14.3 Å². The largest absolute Gasteiger partial charge is 0.383 e. The zero-order valence-electron chi connectivity index (χ0n) is 15.7. The van der Waals surface area contributed by atoms with Gasteiger partial charge in [0.1, 0.15) is 11.6 Å². The third kappa shape index (κ3) is 3.47. The summed E-state index contributed by atoms with van der Waals surface area (Å²) in [7, 11) is 1.61. The molecule has 0 aromatic carbocycles. The molecule has 0 radical (unpaired) electrons. The first-order valence-corrected chi connectivity index (χ1v) is 9.13. The van der Waals surface area contributed by atoms with Crippen molar-refractivity contribution in [2.45, 2.75) is 26.2 Å². The highest BCUT2D eigenvalue weighted by Gasteiger charge is 2.49. The van der Waals surface area contributed by atoms with Crippen LogP contribution in [0.15, 0.2) is 10.9 Å². The number of H-pyrrole nitrogens is 1. The number of piperidine rings is 1. The Morgan fingerprint density at radius 2 is 2.15 bits per heavy atom. The predicted octanol–water partition coefficient (Wildman–Crippen LogP) is 0.656. The lowest BCUT2D eigenvalue weighted by atomic mass is 9.78. The number of hydrogen-bond donors (Lipinski definition) is 1. The molecule has 2 saturated heterocycles. The van der Waals surface area contributed by atoms with Crippen LogP contribution in [0.2, 0.25) is 0 Å². The van der Waals surface area contributed by atoms with Crippen molar-refractivity contribution in [3.8, 4) is 6.07 Å². The summed E-state index contributed by atoms with van der Waals surface area (Å²) in [5, 5.41) is 9.06. The molecule has 1 N–H and O–H groups in total. The van der Waals surface area contributed by atoms with E-state index in [9.17, 15) is 14.4 Å². The second kappa shape index (κ2) is 7.53. The monoisotopic (exact) mass is 372 g/mol. The van der Waals surface area contributed by atoms with E-state index in [-0.39, 0.29) is 17.4 Å². The number of rotatable bonds is 4. The van der Waals surface area contributed by atoms with Crippen LogP contribution in [0.25, 0.3) is 0 Å². The van der Waals surface area contributed by atoms with Gasteiger partial charge in [0.15, 0.2) is 0 Å². The van der Waals surface area contributed by atoms with Crippen LogP contribution in [0.4, 0.5) is 0 Å². The molecule has 2 aliphatic heterocycles. The molecule has 2 aliphatic rings. The van der Waals surface area contributed by atoms with Crippen molar-refractivity contribution in [1.82, 2.24) is 14.8 Å². The van der Waals surface area contributed by atoms with E-state index in [1.807, 2.05) is 11.0 Å². The van der Waals surface area contributed by atoms with Gasteiger partial charge >= 0.3 is 0 Å². The second-order valence-electron chi connectivity index (χ2n) is 7.31. The fourth-order valence-electron chi connectivity index (χ4n) is 4.09. The molecule has 144 valence electrons. The number of amides is 2. The van der Waals surface area contributed by atoms with Crippen molar-refractivity contribution in [2.24, 2.45) is 5.41 Å². The molecule has 1 aromatic heterocycles. The van der Waals surface area contributed by atoms with Crippen molar-refractivity contribution in [2.75, 3.05) is 39.9 Å². The number of aromatic amines is 1. The van der Waals surface area contributed by atoms with E-state index in [4.69, 9.17) is 10.00 Å². The number of likely N-dealkylation sites (tertiary alicyclic amines) is 2. The first-order chi connectivity index (χ1) is 12.9. The summed E-state index contributed by atoms with van der Waals surface area (Å²) < 4.78 is 5.09. The van der Waals surface area contributed by atoms with Crippen LogP contribution in [0.1, 0.15) is 40.9 Å². The molecule has 0 aliphatic carbocycles. The highest BCUT2D eigenvalue weighted by Crippen LogP contribution is 2.40. The molecule has 27 heavy (non-hydrogen) atoms. The predicted molar refractivity (Wildman–Crippen MR) is 97.2 cm³/mol. The molecule has 0 bridgehead atoms. The number of carbonyl (C=O) groups excluding carboxylic acids is 2. The van der Waals surface area contributed by atoms with Crippen molar-refractivity contribution in [3.05, 3.63) is 33.2 Å². The quantitative estimate of drug-likeness (QED) is 0.835. The average Bonchev–Trinajstić information content (AvgIpc) is 3.08. The fourth-order valence-corrected chi connectivity index (χ4v) is 4.09. The molecule has 2 amide bonds. The smallest absolute Gasteiger partial charge is 0.266 e. The summed E-state index contributed by atoms with van der Waals surface area (Å²) in [6, 6.07) is 3.15. The van der Waals surface area contributed by atoms with Crippen LogP contribution < -0.4 is 5.56 Å². The Balaban J connectivity index is 1.80. The lowest BCUT2D eigenvalue weighted by Gasteiger charge is -2.39. The normalized spacial score (nSPS) is 22.3. The van der Waals surface area contributed by atoms with E-state index in [0.717, 1.165) is 19.4 Å².